The summed E-state index contributed by atoms with van der Waals surface area (Å²) in [6, 6.07) is 0. The number of carbonyl (C=O) groups is 1. The molecule has 1 aliphatic carbocycles. The minimum atomic E-state index is -0.507. The van der Waals surface area contributed by atoms with Gasteiger partial charge in [0.05, 0.1) is 10.9 Å². The highest BCUT2D eigenvalue weighted by Crippen LogP contribution is 2.27. The largest absolute Gasteiger partial charge is 0.365 e. The summed E-state index contributed by atoms with van der Waals surface area (Å²) in [6.45, 7) is 1.72. The van der Waals surface area contributed by atoms with Crippen LogP contribution in [0, 0.1) is 17.8 Å². The molecule has 2 aromatic rings. The first-order valence-corrected chi connectivity index (χ1v) is 7.79. The maximum atomic E-state index is 11.7. The number of carbonyl (C=O) groups excluding carboxylic acids is 1. The van der Waals surface area contributed by atoms with Crippen LogP contribution in [0.15, 0.2) is 6.20 Å². The van der Waals surface area contributed by atoms with Crippen molar-refractivity contribution in [2.75, 3.05) is 0 Å². The van der Waals surface area contributed by atoms with Crippen LogP contribution in [0.2, 0.25) is 0 Å². The lowest BCUT2D eigenvalue weighted by atomic mass is 9.87. The zero-order chi connectivity index (χ0) is 15.5. The van der Waals surface area contributed by atoms with Crippen LogP contribution in [0.5, 0.6) is 0 Å². The van der Waals surface area contributed by atoms with Gasteiger partial charge in [0.25, 0.3) is 5.91 Å². The first-order valence-electron chi connectivity index (χ1n) is 7.79. The van der Waals surface area contributed by atoms with E-state index in [0.29, 0.717) is 28.2 Å². The smallest absolute Gasteiger partial charge is 0.252 e. The van der Waals surface area contributed by atoms with Crippen LogP contribution >= 0.6 is 0 Å². The number of rotatable bonds is 3. The molecule has 0 spiro atoms. The Labute approximate surface area is 129 Å². The van der Waals surface area contributed by atoms with Crippen LogP contribution < -0.4 is 5.73 Å². The molecule has 1 amide bonds. The van der Waals surface area contributed by atoms with E-state index in [-0.39, 0.29) is 0 Å². The topological polar surface area (TPSA) is 84.7 Å². The van der Waals surface area contributed by atoms with E-state index in [2.05, 4.69) is 26.8 Å². The summed E-state index contributed by atoms with van der Waals surface area (Å²) < 4.78 is 0. The maximum Gasteiger partial charge on any atom is 0.252 e. The number of hydrogen-bond acceptors (Lipinski definition) is 3. The minimum Gasteiger partial charge on any atom is -0.365 e. The molecule has 22 heavy (non-hydrogen) atoms. The minimum absolute atomic E-state index is 0.383. The summed E-state index contributed by atoms with van der Waals surface area (Å²) in [5.41, 5.74) is 7.01. The normalized spacial score (nSPS) is 15.5. The second-order valence-electron chi connectivity index (χ2n) is 5.87. The number of H-pyrrole nitrogens is 1. The number of nitrogens with two attached hydrogens (primary N) is 1. The van der Waals surface area contributed by atoms with E-state index >= 15 is 0 Å². The molecule has 5 nitrogen and oxygen atoms in total. The van der Waals surface area contributed by atoms with E-state index < -0.39 is 5.91 Å². The van der Waals surface area contributed by atoms with E-state index in [0.717, 1.165) is 12.2 Å². The number of amides is 1. The summed E-state index contributed by atoms with van der Waals surface area (Å²) >= 11 is 0. The van der Waals surface area contributed by atoms with E-state index in [1.165, 1.54) is 32.1 Å². The molecule has 3 N–H and O–H groups in total. The van der Waals surface area contributed by atoms with Gasteiger partial charge in [-0.05, 0) is 18.8 Å². The molecule has 5 heteroatoms. The number of fused-ring (bicyclic) bond motifs is 1. The lowest BCUT2D eigenvalue weighted by Gasteiger charge is -2.20. The monoisotopic (exact) mass is 296 g/mol. The van der Waals surface area contributed by atoms with Crippen molar-refractivity contribution in [1.29, 1.82) is 0 Å². The number of aromatic amines is 1. The van der Waals surface area contributed by atoms with Crippen LogP contribution in [-0.2, 0) is 6.42 Å². The van der Waals surface area contributed by atoms with Gasteiger partial charge < -0.3 is 10.7 Å². The molecule has 0 unspecified atom stereocenters. The second kappa shape index (κ2) is 6.18. The third kappa shape index (κ3) is 2.82. The van der Waals surface area contributed by atoms with Crippen molar-refractivity contribution in [2.24, 2.45) is 11.7 Å². The van der Waals surface area contributed by atoms with Crippen LogP contribution in [0.25, 0.3) is 11.0 Å². The van der Waals surface area contributed by atoms with E-state index in [4.69, 9.17) is 5.73 Å². The van der Waals surface area contributed by atoms with Crippen molar-refractivity contribution in [3.8, 4) is 11.8 Å². The third-order valence-electron chi connectivity index (χ3n) is 4.29. The average Bonchev–Trinajstić information content (AvgIpc) is 2.86. The highest BCUT2D eigenvalue weighted by atomic mass is 16.1. The zero-order valence-corrected chi connectivity index (χ0v) is 12.8. The molecule has 1 aliphatic rings. The summed E-state index contributed by atoms with van der Waals surface area (Å²) in [5.74, 6) is 6.65. The molecule has 2 aromatic heterocycles. The number of nitrogens with zero attached hydrogens (tertiary/aromatic N) is 2. The van der Waals surface area contributed by atoms with Crippen LogP contribution in [0.3, 0.4) is 0 Å². The molecular formula is C17H20N4O. The lowest BCUT2D eigenvalue weighted by molar-refractivity contribution is 0.100. The Morgan fingerprint density at radius 1 is 1.41 bits per heavy atom. The standard InChI is InChI=1S/C17H20N4O/c1-2-6-13-15(16(18)22)12-10-19-14(21-17(12)20-13)9-11-7-4-3-5-8-11/h10-11H,3-5,7-9H2,1H3,(H2,18,22)(H,19,20,21). The molecular weight excluding hydrogens is 276 g/mol. The molecule has 0 radical (unpaired) electrons. The Bertz CT molecular complexity index is 760. The molecule has 2 heterocycles. The van der Waals surface area contributed by atoms with Gasteiger partial charge >= 0.3 is 0 Å². The van der Waals surface area contributed by atoms with Crippen LogP contribution in [0.1, 0.15) is 60.9 Å². The molecule has 0 saturated heterocycles. The fourth-order valence-electron chi connectivity index (χ4n) is 3.23. The summed E-state index contributed by atoms with van der Waals surface area (Å²) in [5, 5.41) is 0.651. The summed E-state index contributed by atoms with van der Waals surface area (Å²) in [7, 11) is 0. The number of hydrogen-bond donors (Lipinski definition) is 2. The molecule has 0 bridgehead atoms. The SMILES string of the molecule is CC#Cc1[nH]c2nc(CC3CCCCC3)ncc2c1C(N)=O. The Kier molecular flexibility index (Phi) is 4.10. The fraction of sp³-hybridized carbons (Fsp3) is 0.471. The van der Waals surface area contributed by atoms with Gasteiger partial charge in [-0.1, -0.05) is 38.0 Å². The van der Waals surface area contributed by atoms with Gasteiger partial charge in [0.1, 0.15) is 17.2 Å². The van der Waals surface area contributed by atoms with Crippen LogP contribution in [0.4, 0.5) is 0 Å². The van der Waals surface area contributed by atoms with Crippen molar-refractivity contribution < 1.29 is 4.79 Å². The Morgan fingerprint density at radius 2 is 2.18 bits per heavy atom. The lowest BCUT2D eigenvalue weighted by Crippen LogP contribution is -2.13. The zero-order valence-electron chi connectivity index (χ0n) is 12.8. The first-order chi connectivity index (χ1) is 10.7. The van der Waals surface area contributed by atoms with Crippen molar-refractivity contribution in [3.05, 3.63) is 23.3 Å². The molecule has 0 atom stereocenters. The van der Waals surface area contributed by atoms with Crippen molar-refractivity contribution in [2.45, 2.75) is 45.4 Å². The maximum absolute atomic E-state index is 11.7. The van der Waals surface area contributed by atoms with Gasteiger partial charge in [-0.15, -0.1) is 0 Å². The third-order valence-corrected chi connectivity index (χ3v) is 4.29. The second-order valence-corrected chi connectivity index (χ2v) is 5.87. The highest BCUT2D eigenvalue weighted by Gasteiger charge is 2.19. The van der Waals surface area contributed by atoms with Gasteiger partial charge in [0.2, 0.25) is 0 Å². The summed E-state index contributed by atoms with van der Waals surface area (Å²) in [6.07, 6.45) is 9.05. The van der Waals surface area contributed by atoms with Crippen molar-refractivity contribution in [3.63, 3.8) is 0 Å². The number of aromatic nitrogens is 3. The molecule has 1 saturated carbocycles. The van der Waals surface area contributed by atoms with Gasteiger partial charge in [-0.3, -0.25) is 4.79 Å². The van der Waals surface area contributed by atoms with Gasteiger partial charge in [0, 0.05) is 12.6 Å². The van der Waals surface area contributed by atoms with E-state index in [1.807, 2.05) is 0 Å². The van der Waals surface area contributed by atoms with E-state index in [9.17, 15) is 4.79 Å². The highest BCUT2D eigenvalue weighted by molar-refractivity contribution is 6.07. The van der Waals surface area contributed by atoms with Gasteiger partial charge in [0.15, 0.2) is 0 Å². The van der Waals surface area contributed by atoms with Crippen molar-refractivity contribution >= 4 is 16.9 Å². The van der Waals surface area contributed by atoms with E-state index in [1.54, 1.807) is 13.1 Å². The predicted octanol–water partition coefficient (Wildman–Crippen LogP) is 2.55. The van der Waals surface area contributed by atoms with Crippen LogP contribution in [-0.4, -0.2) is 20.9 Å². The Balaban J connectivity index is 1.95. The Morgan fingerprint density at radius 3 is 2.86 bits per heavy atom. The molecule has 3 rings (SSSR count). The van der Waals surface area contributed by atoms with Gasteiger partial charge in [-0.2, -0.15) is 0 Å². The predicted molar refractivity (Wildman–Crippen MR) is 85.2 cm³/mol. The molecule has 1 fully saturated rings. The first kappa shape index (κ1) is 14.6. The molecule has 114 valence electrons. The fourth-order valence-corrected chi connectivity index (χ4v) is 3.23. The Hall–Kier alpha value is -2.35. The average molecular weight is 296 g/mol. The molecule has 0 aliphatic heterocycles. The quantitative estimate of drug-likeness (QED) is 0.854. The van der Waals surface area contributed by atoms with Crippen molar-refractivity contribution in [1.82, 2.24) is 15.0 Å². The number of nitrogens with one attached hydrogen (secondary N) is 1. The number of primary amides is 1. The molecule has 0 aromatic carbocycles. The summed E-state index contributed by atoms with van der Waals surface area (Å²) in [4.78, 5) is 23.8. The van der Waals surface area contributed by atoms with Gasteiger partial charge in [-0.25, -0.2) is 9.97 Å².